The minimum absolute atomic E-state index is 0.0126. The zero-order chi connectivity index (χ0) is 21.0. The Labute approximate surface area is 171 Å². The Kier molecular flexibility index (Phi) is 6.38. The average Bonchev–Trinajstić information content (AvgIpc) is 3.15. The van der Waals surface area contributed by atoms with E-state index in [0.717, 1.165) is 12.8 Å². The second kappa shape index (κ2) is 8.95. The highest BCUT2D eigenvalue weighted by atomic mass is 32.1. The Morgan fingerprint density at radius 1 is 1.21 bits per heavy atom. The molecular weight excluding hydrogens is 392 g/mol. The maximum Gasteiger partial charge on any atom is 0.269 e. The fourth-order valence-corrected chi connectivity index (χ4v) is 4.11. The third-order valence-corrected chi connectivity index (χ3v) is 5.48. The van der Waals surface area contributed by atoms with Crippen molar-refractivity contribution in [3.05, 3.63) is 56.4 Å². The summed E-state index contributed by atoms with van der Waals surface area (Å²) in [4.78, 5) is 42.8. The van der Waals surface area contributed by atoms with Gasteiger partial charge in [-0.25, -0.2) is 4.98 Å². The molecule has 2 heterocycles. The molecule has 0 radical (unpaired) electrons. The minimum atomic E-state index is -0.464. The molecule has 0 N–H and O–H groups in total. The summed E-state index contributed by atoms with van der Waals surface area (Å²) in [5.74, 6) is -0.107. The highest BCUT2D eigenvalue weighted by Crippen LogP contribution is 2.31. The number of nitrogens with zero attached hydrogens (tertiary/aromatic N) is 4. The van der Waals surface area contributed by atoms with Crippen molar-refractivity contribution in [1.29, 1.82) is 0 Å². The molecule has 152 valence electrons. The molecule has 0 bridgehead atoms. The fraction of sp³-hybridized carbons (Fsp3) is 0.350. The number of nitro groups is 1. The summed E-state index contributed by atoms with van der Waals surface area (Å²) >= 11 is 1.33. The molecular formula is C20H22N4O4S. The average molecular weight is 414 g/mol. The normalized spacial score (nSPS) is 11.0. The zero-order valence-corrected chi connectivity index (χ0v) is 17.1. The SMILES string of the molecule is CCCN(CCC)C(=O)Cn1cnc2scc(-c3ccc([N+](=O)[O-])cc3)c2c1=O. The minimum Gasteiger partial charge on any atom is -0.341 e. The highest BCUT2D eigenvalue weighted by molar-refractivity contribution is 7.17. The first-order valence-corrected chi connectivity index (χ1v) is 10.3. The van der Waals surface area contributed by atoms with Crippen LogP contribution in [-0.4, -0.2) is 38.4 Å². The molecule has 0 saturated carbocycles. The molecule has 1 amide bonds. The molecule has 0 saturated heterocycles. The number of carbonyl (C=O) groups excluding carboxylic acids is 1. The highest BCUT2D eigenvalue weighted by Gasteiger charge is 2.17. The van der Waals surface area contributed by atoms with Crippen LogP contribution in [0.5, 0.6) is 0 Å². The van der Waals surface area contributed by atoms with Crippen LogP contribution in [0.25, 0.3) is 21.3 Å². The summed E-state index contributed by atoms with van der Waals surface area (Å²) in [6.07, 6.45) is 3.12. The number of thiophene rings is 1. The molecule has 3 aromatic rings. The second-order valence-corrected chi connectivity index (χ2v) is 7.55. The first kappa shape index (κ1) is 20.7. The lowest BCUT2D eigenvalue weighted by molar-refractivity contribution is -0.384. The van der Waals surface area contributed by atoms with E-state index in [1.807, 2.05) is 19.2 Å². The molecule has 0 fully saturated rings. The van der Waals surface area contributed by atoms with Gasteiger partial charge in [0, 0.05) is 36.2 Å². The van der Waals surface area contributed by atoms with Crippen LogP contribution in [-0.2, 0) is 11.3 Å². The number of hydrogen-bond donors (Lipinski definition) is 0. The van der Waals surface area contributed by atoms with E-state index in [9.17, 15) is 19.7 Å². The summed E-state index contributed by atoms with van der Waals surface area (Å²) in [6.45, 7) is 5.28. The van der Waals surface area contributed by atoms with Gasteiger partial charge in [0.1, 0.15) is 11.4 Å². The topological polar surface area (TPSA) is 98.3 Å². The number of non-ortho nitro benzene ring substituents is 1. The van der Waals surface area contributed by atoms with Crippen LogP contribution in [0, 0.1) is 10.1 Å². The Morgan fingerprint density at radius 2 is 1.86 bits per heavy atom. The van der Waals surface area contributed by atoms with Crippen molar-refractivity contribution in [1.82, 2.24) is 14.5 Å². The Balaban J connectivity index is 1.97. The van der Waals surface area contributed by atoms with Crippen molar-refractivity contribution in [3.8, 4) is 11.1 Å². The van der Waals surface area contributed by atoms with E-state index in [-0.39, 0.29) is 23.7 Å². The van der Waals surface area contributed by atoms with Gasteiger partial charge in [-0.05, 0) is 30.5 Å². The number of benzene rings is 1. The van der Waals surface area contributed by atoms with Gasteiger partial charge in [0.25, 0.3) is 11.2 Å². The summed E-state index contributed by atoms with van der Waals surface area (Å²) in [5, 5.41) is 13.1. The largest absolute Gasteiger partial charge is 0.341 e. The van der Waals surface area contributed by atoms with Crippen molar-refractivity contribution in [2.75, 3.05) is 13.1 Å². The molecule has 8 nitrogen and oxygen atoms in total. The molecule has 0 spiro atoms. The number of hydrogen-bond acceptors (Lipinski definition) is 6. The van der Waals surface area contributed by atoms with E-state index in [0.29, 0.717) is 34.4 Å². The smallest absolute Gasteiger partial charge is 0.269 e. The monoisotopic (exact) mass is 414 g/mol. The molecule has 1 aromatic carbocycles. The fourth-order valence-electron chi connectivity index (χ4n) is 3.20. The van der Waals surface area contributed by atoms with Crippen LogP contribution >= 0.6 is 11.3 Å². The van der Waals surface area contributed by atoms with Crippen LogP contribution in [0.1, 0.15) is 26.7 Å². The summed E-state index contributed by atoms with van der Waals surface area (Å²) in [6, 6.07) is 6.05. The van der Waals surface area contributed by atoms with E-state index < -0.39 is 4.92 Å². The summed E-state index contributed by atoms with van der Waals surface area (Å²) < 4.78 is 1.34. The lowest BCUT2D eigenvalue weighted by Crippen LogP contribution is -2.37. The van der Waals surface area contributed by atoms with Crippen LogP contribution < -0.4 is 5.56 Å². The van der Waals surface area contributed by atoms with Gasteiger partial charge in [0.15, 0.2) is 0 Å². The maximum absolute atomic E-state index is 13.1. The van der Waals surface area contributed by atoms with Crippen molar-refractivity contribution in [2.24, 2.45) is 0 Å². The first-order chi connectivity index (χ1) is 14.0. The van der Waals surface area contributed by atoms with Gasteiger partial charge in [-0.3, -0.25) is 24.3 Å². The molecule has 29 heavy (non-hydrogen) atoms. The van der Waals surface area contributed by atoms with E-state index in [1.54, 1.807) is 17.0 Å². The van der Waals surface area contributed by atoms with Gasteiger partial charge in [-0.2, -0.15) is 0 Å². The van der Waals surface area contributed by atoms with Gasteiger partial charge in [0.2, 0.25) is 5.91 Å². The summed E-state index contributed by atoms with van der Waals surface area (Å²) in [7, 11) is 0. The van der Waals surface area contributed by atoms with Crippen LogP contribution in [0.2, 0.25) is 0 Å². The molecule has 0 aliphatic heterocycles. The van der Waals surface area contributed by atoms with Crippen LogP contribution in [0.15, 0.2) is 40.8 Å². The van der Waals surface area contributed by atoms with E-state index in [1.165, 1.54) is 34.4 Å². The van der Waals surface area contributed by atoms with Gasteiger partial charge in [-0.15, -0.1) is 11.3 Å². The second-order valence-electron chi connectivity index (χ2n) is 6.69. The molecule has 0 atom stereocenters. The predicted octanol–water partition coefficient (Wildman–Crippen LogP) is 3.68. The van der Waals surface area contributed by atoms with Gasteiger partial charge in [0.05, 0.1) is 16.6 Å². The molecule has 0 aliphatic carbocycles. The first-order valence-electron chi connectivity index (χ1n) is 9.45. The van der Waals surface area contributed by atoms with Gasteiger partial charge < -0.3 is 4.90 Å². The Bertz CT molecular complexity index is 1080. The lowest BCUT2D eigenvalue weighted by Gasteiger charge is -2.21. The molecule has 0 aliphatic rings. The molecule has 3 rings (SSSR count). The standard InChI is InChI=1S/C20H22N4O4S/c1-3-9-22(10-4-2)17(25)11-23-13-21-19-18(20(23)26)16(12-29-19)14-5-7-15(8-6-14)24(27)28/h5-8,12-13H,3-4,9-11H2,1-2H3. The van der Waals surface area contributed by atoms with Crippen molar-refractivity contribution in [3.63, 3.8) is 0 Å². The lowest BCUT2D eigenvalue weighted by atomic mass is 10.1. The van der Waals surface area contributed by atoms with Crippen molar-refractivity contribution >= 4 is 33.1 Å². The number of aromatic nitrogens is 2. The van der Waals surface area contributed by atoms with Crippen molar-refractivity contribution in [2.45, 2.75) is 33.2 Å². The van der Waals surface area contributed by atoms with Crippen molar-refractivity contribution < 1.29 is 9.72 Å². The van der Waals surface area contributed by atoms with Gasteiger partial charge >= 0.3 is 0 Å². The van der Waals surface area contributed by atoms with E-state index in [2.05, 4.69) is 4.98 Å². The third-order valence-electron chi connectivity index (χ3n) is 4.60. The van der Waals surface area contributed by atoms with Gasteiger partial charge in [-0.1, -0.05) is 13.8 Å². The molecule has 2 aromatic heterocycles. The number of fused-ring (bicyclic) bond motifs is 1. The number of nitro benzene ring substituents is 1. The third kappa shape index (κ3) is 4.34. The Hall–Kier alpha value is -3.07. The Morgan fingerprint density at radius 3 is 2.45 bits per heavy atom. The zero-order valence-electron chi connectivity index (χ0n) is 16.3. The molecule has 0 unspecified atom stereocenters. The van der Waals surface area contributed by atoms with E-state index >= 15 is 0 Å². The predicted molar refractivity (Wildman–Crippen MR) is 113 cm³/mol. The van der Waals surface area contributed by atoms with E-state index in [4.69, 9.17) is 0 Å². The molecule has 9 heteroatoms. The number of amides is 1. The number of carbonyl (C=O) groups is 1. The maximum atomic E-state index is 13.1. The quantitative estimate of drug-likeness (QED) is 0.414. The van der Waals surface area contributed by atoms with Crippen LogP contribution in [0.4, 0.5) is 5.69 Å². The summed E-state index contributed by atoms with van der Waals surface area (Å²) in [5.41, 5.74) is 1.06. The van der Waals surface area contributed by atoms with Crippen LogP contribution in [0.3, 0.4) is 0 Å². The number of rotatable bonds is 8.